The molecule has 128 valence electrons. The van der Waals surface area contributed by atoms with Gasteiger partial charge >= 0.3 is 0 Å². The van der Waals surface area contributed by atoms with Gasteiger partial charge in [-0.15, -0.1) is 12.4 Å². The summed E-state index contributed by atoms with van der Waals surface area (Å²) in [6, 6.07) is 6.71. The van der Waals surface area contributed by atoms with E-state index >= 15 is 0 Å². The average molecular weight is 369 g/mol. The predicted octanol–water partition coefficient (Wildman–Crippen LogP) is 3.74. The van der Waals surface area contributed by atoms with E-state index in [2.05, 4.69) is 5.32 Å². The molecule has 2 aromatic rings. The van der Waals surface area contributed by atoms with Crippen molar-refractivity contribution >= 4 is 24.0 Å². The van der Waals surface area contributed by atoms with Crippen molar-refractivity contribution in [3.8, 4) is 11.1 Å². The molecule has 0 spiro atoms. The highest BCUT2D eigenvalue weighted by molar-refractivity contribution is 6.33. The van der Waals surface area contributed by atoms with Gasteiger partial charge in [0.2, 0.25) is 0 Å². The second-order valence-corrected chi connectivity index (χ2v) is 7.06. The van der Waals surface area contributed by atoms with E-state index in [1.807, 2.05) is 10.6 Å². The van der Waals surface area contributed by atoms with Crippen LogP contribution in [0.5, 0.6) is 0 Å². The molecular weight excluding hydrogens is 350 g/mol. The van der Waals surface area contributed by atoms with Gasteiger partial charge in [0.1, 0.15) is 5.82 Å². The van der Waals surface area contributed by atoms with E-state index in [0.717, 1.165) is 42.9 Å². The zero-order chi connectivity index (χ0) is 16.1. The predicted molar refractivity (Wildman–Crippen MR) is 96.8 cm³/mol. The number of piperidine rings is 1. The molecule has 3 nitrogen and oxygen atoms in total. The largest absolute Gasteiger partial charge is 0.316 e. The van der Waals surface area contributed by atoms with Crippen molar-refractivity contribution in [1.82, 2.24) is 9.88 Å². The molecule has 6 heteroatoms. The van der Waals surface area contributed by atoms with Gasteiger partial charge in [0, 0.05) is 36.3 Å². The maximum absolute atomic E-state index is 13.6. The van der Waals surface area contributed by atoms with Gasteiger partial charge in [-0.3, -0.25) is 4.79 Å². The van der Waals surface area contributed by atoms with Gasteiger partial charge in [-0.05, 0) is 55.1 Å². The third-order valence-electron chi connectivity index (χ3n) is 5.02. The molecule has 1 aromatic heterocycles. The van der Waals surface area contributed by atoms with E-state index < -0.39 is 0 Å². The lowest BCUT2D eigenvalue weighted by molar-refractivity contribution is 0.257. The van der Waals surface area contributed by atoms with Crippen LogP contribution in [0.4, 0.5) is 4.39 Å². The van der Waals surface area contributed by atoms with Crippen LogP contribution in [0.15, 0.2) is 29.1 Å². The number of halogens is 3. The number of hydrogen-bond donors (Lipinski definition) is 1. The first kappa shape index (κ1) is 17.5. The standard InChI is InChI=1S/C18H18ClFN2O.ClH/c1-10-2-14(15(19)6-16(10)20)12-4-17-13-3-11(7-21-8-13)9-22(17)18(23)5-12;/h2,4-6,11,13,21H,3,7-9H2,1H3;1H/t11-,13+;/m0./s1. The fraction of sp³-hybridized carbons (Fsp3) is 0.389. The quantitative estimate of drug-likeness (QED) is 0.831. The Morgan fingerprint density at radius 3 is 2.83 bits per heavy atom. The van der Waals surface area contributed by atoms with E-state index in [9.17, 15) is 9.18 Å². The van der Waals surface area contributed by atoms with Crippen LogP contribution in [0.25, 0.3) is 11.1 Å². The van der Waals surface area contributed by atoms with Gasteiger partial charge in [0.25, 0.3) is 5.56 Å². The molecule has 3 heterocycles. The van der Waals surface area contributed by atoms with E-state index in [1.54, 1.807) is 19.1 Å². The van der Waals surface area contributed by atoms with Crippen molar-refractivity contribution in [2.75, 3.05) is 13.1 Å². The molecule has 0 saturated carbocycles. The van der Waals surface area contributed by atoms with Gasteiger partial charge in [-0.25, -0.2) is 4.39 Å². The van der Waals surface area contributed by atoms with Crippen LogP contribution in [0.1, 0.15) is 23.6 Å². The van der Waals surface area contributed by atoms with Gasteiger partial charge in [-0.1, -0.05) is 11.6 Å². The summed E-state index contributed by atoms with van der Waals surface area (Å²) in [6.45, 7) is 4.35. The number of pyridine rings is 1. The lowest BCUT2D eigenvalue weighted by atomic mass is 9.83. The molecule has 0 unspecified atom stereocenters. The molecule has 24 heavy (non-hydrogen) atoms. The maximum atomic E-state index is 13.6. The molecule has 1 fully saturated rings. The summed E-state index contributed by atoms with van der Waals surface area (Å²) in [6.07, 6.45) is 1.12. The van der Waals surface area contributed by atoms with Crippen LogP contribution < -0.4 is 10.9 Å². The number of nitrogens with zero attached hydrogens (tertiary/aromatic N) is 1. The van der Waals surface area contributed by atoms with Crippen LogP contribution in [-0.4, -0.2) is 17.7 Å². The lowest BCUT2D eigenvalue weighted by Crippen LogP contribution is -2.44. The molecule has 0 radical (unpaired) electrons. The highest BCUT2D eigenvalue weighted by atomic mass is 35.5. The van der Waals surface area contributed by atoms with E-state index in [4.69, 9.17) is 11.6 Å². The normalized spacial score (nSPS) is 21.8. The van der Waals surface area contributed by atoms with Crippen LogP contribution in [0.2, 0.25) is 5.02 Å². The molecule has 2 bridgehead atoms. The third kappa shape index (κ3) is 2.87. The molecule has 0 aliphatic carbocycles. The van der Waals surface area contributed by atoms with E-state index in [1.165, 1.54) is 6.07 Å². The maximum Gasteiger partial charge on any atom is 0.251 e. The summed E-state index contributed by atoms with van der Waals surface area (Å²) >= 11 is 6.21. The highest BCUT2D eigenvalue weighted by Crippen LogP contribution is 2.35. The van der Waals surface area contributed by atoms with Gasteiger partial charge < -0.3 is 9.88 Å². The minimum absolute atomic E-state index is 0. The number of benzene rings is 1. The summed E-state index contributed by atoms with van der Waals surface area (Å²) in [4.78, 5) is 12.6. The lowest BCUT2D eigenvalue weighted by Gasteiger charge is -2.37. The first-order chi connectivity index (χ1) is 11.0. The van der Waals surface area contributed by atoms with Crippen LogP contribution >= 0.6 is 24.0 Å². The summed E-state index contributed by atoms with van der Waals surface area (Å²) < 4.78 is 15.5. The Kier molecular flexibility index (Phi) is 4.73. The smallest absolute Gasteiger partial charge is 0.251 e. The molecule has 2 aliphatic heterocycles. The van der Waals surface area contributed by atoms with Crippen molar-refractivity contribution in [2.45, 2.75) is 25.8 Å². The SMILES string of the molecule is Cc1cc(-c2cc3n(c(=O)c2)C[C@@H]2CNC[C@H]3C2)c(Cl)cc1F.Cl. The minimum Gasteiger partial charge on any atom is -0.316 e. The fourth-order valence-corrected chi connectivity index (χ4v) is 4.10. The molecule has 1 aromatic carbocycles. The van der Waals surface area contributed by atoms with E-state index in [-0.39, 0.29) is 23.8 Å². The molecule has 2 atom stereocenters. The second kappa shape index (κ2) is 6.51. The van der Waals surface area contributed by atoms with Gasteiger partial charge in [-0.2, -0.15) is 0 Å². The second-order valence-electron chi connectivity index (χ2n) is 6.66. The third-order valence-corrected chi connectivity index (χ3v) is 5.33. The van der Waals surface area contributed by atoms with Crippen molar-refractivity contribution in [1.29, 1.82) is 0 Å². The Bertz CT molecular complexity index is 850. The minimum atomic E-state index is -0.326. The summed E-state index contributed by atoms with van der Waals surface area (Å²) in [5.74, 6) is 0.560. The van der Waals surface area contributed by atoms with Crippen molar-refractivity contribution in [3.63, 3.8) is 0 Å². The Morgan fingerprint density at radius 2 is 2.04 bits per heavy atom. The first-order valence-corrected chi connectivity index (χ1v) is 8.32. The number of aromatic nitrogens is 1. The topological polar surface area (TPSA) is 34.0 Å². The Labute approximate surface area is 151 Å². The zero-order valence-corrected chi connectivity index (χ0v) is 14.9. The summed E-state index contributed by atoms with van der Waals surface area (Å²) in [5, 5.41) is 3.78. The molecular formula is C18H19Cl2FN2O. The van der Waals surface area contributed by atoms with E-state index in [0.29, 0.717) is 22.4 Å². The van der Waals surface area contributed by atoms with Gasteiger partial charge in [0.15, 0.2) is 0 Å². The first-order valence-electron chi connectivity index (χ1n) is 7.94. The molecule has 4 rings (SSSR count). The Balaban J connectivity index is 0.00000169. The van der Waals surface area contributed by atoms with Crippen LogP contribution in [0, 0.1) is 18.7 Å². The van der Waals surface area contributed by atoms with Crippen molar-refractivity contribution in [3.05, 3.63) is 56.7 Å². The van der Waals surface area contributed by atoms with Crippen LogP contribution in [0.3, 0.4) is 0 Å². The number of nitrogens with one attached hydrogen (secondary N) is 1. The Morgan fingerprint density at radius 1 is 1.25 bits per heavy atom. The van der Waals surface area contributed by atoms with Gasteiger partial charge in [0.05, 0.1) is 5.02 Å². The number of hydrogen-bond acceptors (Lipinski definition) is 2. The molecule has 0 amide bonds. The van der Waals surface area contributed by atoms with Crippen molar-refractivity contribution in [2.24, 2.45) is 5.92 Å². The number of fused-ring (bicyclic) bond motifs is 4. The number of aryl methyl sites for hydroxylation is 1. The fourth-order valence-electron chi connectivity index (χ4n) is 3.84. The number of rotatable bonds is 1. The van der Waals surface area contributed by atoms with Crippen LogP contribution in [-0.2, 0) is 6.54 Å². The summed E-state index contributed by atoms with van der Waals surface area (Å²) in [5.41, 5.74) is 3.10. The zero-order valence-electron chi connectivity index (χ0n) is 13.3. The summed E-state index contributed by atoms with van der Waals surface area (Å²) in [7, 11) is 0. The highest BCUT2D eigenvalue weighted by Gasteiger charge is 2.31. The molecule has 1 saturated heterocycles. The monoisotopic (exact) mass is 368 g/mol. The van der Waals surface area contributed by atoms with Crippen molar-refractivity contribution < 1.29 is 4.39 Å². The Hall–Kier alpha value is -1.36. The average Bonchev–Trinajstić information content (AvgIpc) is 2.52. The molecule has 1 N–H and O–H groups in total. The molecule has 2 aliphatic rings.